The lowest BCUT2D eigenvalue weighted by atomic mass is 10.7. The zero-order chi connectivity index (χ0) is 8.57. The summed E-state index contributed by atoms with van der Waals surface area (Å²) in [7, 11) is 0. The van der Waals surface area contributed by atoms with Crippen molar-refractivity contribution in [1.29, 1.82) is 0 Å². The van der Waals surface area contributed by atoms with E-state index >= 15 is 0 Å². The van der Waals surface area contributed by atoms with E-state index in [2.05, 4.69) is 11.5 Å². The van der Waals surface area contributed by atoms with E-state index in [9.17, 15) is 14.1 Å². The molecule has 0 aromatic heterocycles. The molecule has 0 aliphatic carbocycles. The fraction of sp³-hybridized carbons (Fsp3) is 0.200. The summed E-state index contributed by atoms with van der Waals surface area (Å²) in [5.74, 6) is -1.89. The maximum absolute atomic E-state index is 10.3. The number of halogens is 1. The molecule has 4 nitrogen and oxygen atoms in total. The maximum atomic E-state index is 10.3. The van der Waals surface area contributed by atoms with E-state index in [0.29, 0.717) is 0 Å². The molecule has 0 aromatic rings. The largest absolute Gasteiger partial charge is 0.478 e. The lowest BCUT2D eigenvalue weighted by Crippen LogP contribution is -1.83. The SMILES string of the molecule is C=CC(=O)O.CC(=O)OF. The van der Waals surface area contributed by atoms with E-state index in [0.717, 1.165) is 13.0 Å². The van der Waals surface area contributed by atoms with Crippen LogP contribution in [0.15, 0.2) is 12.7 Å². The van der Waals surface area contributed by atoms with Crippen LogP contribution in [0.4, 0.5) is 4.53 Å². The molecule has 0 spiro atoms. The van der Waals surface area contributed by atoms with Gasteiger partial charge >= 0.3 is 11.9 Å². The third-order valence-corrected chi connectivity index (χ3v) is 0.283. The van der Waals surface area contributed by atoms with Crippen molar-refractivity contribution in [2.75, 3.05) is 0 Å². The van der Waals surface area contributed by atoms with Gasteiger partial charge in [-0.2, -0.15) is 0 Å². The van der Waals surface area contributed by atoms with Gasteiger partial charge in [0.25, 0.3) is 0 Å². The first kappa shape index (κ1) is 11.4. The van der Waals surface area contributed by atoms with Gasteiger partial charge < -0.3 is 5.11 Å². The highest BCUT2D eigenvalue weighted by atomic mass is 19.3. The molecule has 0 heterocycles. The second kappa shape index (κ2) is 7.61. The minimum Gasteiger partial charge on any atom is -0.478 e. The molecule has 5 heteroatoms. The first-order valence-electron chi connectivity index (χ1n) is 2.19. The second-order valence-electron chi connectivity index (χ2n) is 1.11. The van der Waals surface area contributed by atoms with E-state index in [4.69, 9.17) is 5.11 Å². The Balaban J connectivity index is 0. The van der Waals surface area contributed by atoms with E-state index in [-0.39, 0.29) is 0 Å². The Labute approximate surface area is 56.8 Å². The predicted molar refractivity (Wildman–Crippen MR) is 30.7 cm³/mol. The molecule has 0 saturated carbocycles. The van der Waals surface area contributed by atoms with Gasteiger partial charge in [0.2, 0.25) is 0 Å². The van der Waals surface area contributed by atoms with Crippen LogP contribution in [0.3, 0.4) is 0 Å². The summed E-state index contributed by atoms with van der Waals surface area (Å²) in [6.45, 7) is 3.95. The summed E-state index contributed by atoms with van der Waals surface area (Å²) >= 11 is 0. The molecular formula is C5H7FO4. The molecule has 1 N–H and O–H groups in total. The van der Waals surface area contributed by atoms with Crippen molar-refractivity contribution in [3.63, 3.8) is 0 Å². The van der Waals surface area contributed by atoms with Crippen molar-refractivity contribution in [2.45, 2.75) is 6.92 Å². The van der Waals surface area contributed by atoms with Crippen molar-refractivity contribution >= 4 is 11.9 Å². The average molecular weight is 150 g/mol. The predicted octanol–water partition coefficient (Wildman–Crippen LogP) is 0.691. The summed E-state index contributed by atoms with van der Waals surface area (Å²) < 4.78 is 10.3. The first-order chi connectivity index (χ1) is 4.54. The van der Waals surface area contributed by atoms with Gasteiger partial charge in [0.1, 0.15) is 0 Å². The number of hydrogen-bond donors (Lipinski definition) is 1. The fourth-order valence-corrected chi connectivity index (χ4v) is 0. The highest BCUT2D eigenvalue weighted by Gasteiger charge is 1.81. The highest BCUT2D eigenvalue weighted by Crippen LogP contribution is 1.69. The number of hydrogen-bond acceptors (Lipinski definition) is 3. The van der Waals surface area contributed by atoms with Crippen LogP contribution < -0.4 is 0 Å². The summed E-state index contributed by atoms with van der Waals surface area (Å²) in [6, 6.07) is 0. The van der Waals surface area contributed by atoms with Gasteiger partial charge in [-0.1, -0.05) is 6.58 Å². The standard InChI is InChI=1S/C3H4O2.C2H3FO2/c1-2-3(4)5;1-2(4)5-3/h2H,1H2,(H,4,5);1H3. The van der Waals surface area contributed by atoms with Crippen molar-refractivity contribution in [2.24, 2.45) is 0 Å². The molecule has 0 amide bonds. The van der Waals surface area contributed by atoms with E-state index in [1.807, 2.05) is 0 Å². The average Bonchev–Trinajstić information content (AvgIpc) is 1.89. The van der Waals surface area contributed by atoms with Crippen LogP contribution in [-0.4, -0.2) is 17.0 Å². The van der Waals surface area contributed by atoms with Gasteiger partial charge in [-0.15, -0.1) is 0 Å². The van der Waals surface area contributed by atoms with E-state index in [1.54, 1.807) is 0 Å². The summed E-state index contributed by atoms with van der Waals surface area (Å²) in [5.41, 5.74) is 0. The molecule has 0 fully saturated rings. The summed E-state index contributed by atoms with van der Waals surface area (Å²) in [6.07, 6.45) is 0.833. The second-order valence-corrected chi connectivity index (χ2v) is 1.11. The third-order valence-electron chi connectivity index (χ3n) is 0.283. The Morgan fingerprint density at radius 1 is 1.70 bits per heavy atom. The topological polar surface area (TPSA) is 63.6 Å². The minimum absolute atomic E-state index is 0.833. The Hall–Kier alpha value is -1.39. The molecule has 0 unspecified atom stereocenters. The van der Waals surface area contributed by atoms with Crippen LogP contribution in [-0.2, 0) is 14.5 Å². The summed E-state index contributed by atoms with van der Waals surface area (Å²) in [4.78, 5) is 21.1. The molecule has 58 valence electrons. The van der Waals surface area contributed by atoms with E-state index in [1.165, 1.54) is 0 Å². The van der Waals surface area contributed by atoms with Crippen molar-refractivity contribution < 1.29 is 24.2 Å². The third kappa shape index (κ3) is 30.5. The van der Waals surface area contributed by atoms with Crippen molar-refractivity contribution in [3.8, 4) is 0 Å². The lowest BCUT2D eigenvalue weighted by molar-refractivity contribution is -0.180. The van der Waals surface area contributed by atoms with Gasteiger partial charge in [0.05, 0.1) is 0 Å². The number of carboxylic acids is 1. The molecule has 0 aliphatic rings. The smallest absolute Gasteiger partial charge is 0.345 e. The number of carbonyl (C=O) groups is 2. The Morgan fingerprint density at radius 3 is 1.90 bits per heavy atom. The molecule has 0 saturated heterocycles. The molecule has 0 radical (unpaired) electrons. The first-order valence-corrected chi connectivity index (χ1v) is 2.19. The molecule has 0 atom stereocenters. The van der Waals surface area contributed by atoms with Crippen LogP contribution in [0, 0.1) is 0 Å². The summed E-state index contributed by atoms with van der Waals surface area (Å²) in [5, 5.41) is 7.60. The van der Waals surface area contributed by atoms with Gasteiger partial charge in [-0.25, -0.2) is 9.59 Å². The number of carboxylic acid groups (broad SMARTS) is 1. The highest BCUT2D eigenvalue weighted by molar-refractivity contribution is 5.78. The zero-order valence-electron chi connectivity index (χ0n) is 5.33. The van der Waals surface area contributed by atoms with Gasteiger partial charge in [-0.05, 0) is 0 Å². The number of aliphatic carboxylic acids is 1. The fourth-order valence-electron chi connectivity index (χ4n) is 0. The maximum Gasteiger partial charge on any atom is 0.345 e. The molecular weight excluding hydrogens is 143 g/mol. The number of carbonyl (C=O) groups excluding carboxylic acids is 1. The minimum atomic E-state index is -0.981. The van der Waals surface area contributed by atoms with Gasteiger partial charge in [0, 0.05) is 17.5 Å². The Bertz CT molecular complexity index is 132. The van der Waals surface area contributed by atoms with Gasteiger partial charge in [0.15, 0.2) is 0 Å². The van der Waals surface area contributed by atoms with Crippen LogP contribution in [0.5, 0.6) is 0 Å². The molecule has 10 heavy (non-hydrogen) atoms. The van der Waals surface area contributed by atoms with Crippen molar-refractivity contribution in [3.05, 3.63) is 12.7 Å². The Kier molecular flexibility index (Phi) is 8.68. The molecule has 0 aromatic carbocycles. The monoisotopic (exact) mass is 150 g/mol. The van der Waals surface area contributed by atoms with Crippen LogP contribution in [0.1, 0.15) is 6.92 Å². The van der Waals surface area contributed by atoms with Crippen molar-refractivity contribution in [1.82, 2.24) is 0 Å². The molecule has 0 bridgehead atoms. The zero-order valence-corrected chi connectivity index (χ0v) is 5.33. The lowest BCUT2D eigenvalue weighted by Gasteiger charge is -1.71. The van der Waals surface area contributed by atoms with Crippen LogP contribution in [0.25, 0.3) is 0 Å². The van der Waals surface area contributed by atoms with Crippen LogP contribution in [0.2, 0.25) is 0 Å². The Morgan fingerprint density at radius 2 is 1.90 bits per heavy atom. The normalized spacial score (nSPS) is 6.60. The quantitative estimate of drug-likeness (QED) is 0.558. The van der Waals surface area contributed by atoms with E-state index < -0.39 is 11.9 Å². The number of rotatable bonds is 1. The molecule has 0 aliphatic heterocycles. The van der Waals surface area contributed by atoms with Crippen LogP contribution >= 0.6 is 0 Å². The molecule has 0 rings (SSSR count). The van der Waals surface area contributed by atoms with Gasteiger partial charge in [-0.3, -0.25) is 4.94 Å².